The molecule has 2 heterocycles. The Morgan fingerprint density at radius 3 is 2.17 bits per heavy atom. The molecule has 0 radical (unpaired) electrons. The Kier molecular flexibility index (Phi) is 11.3. The summed E-state index contributed by atoms with van der Waals surface area (Å²) in [6.45, 7) is 4.08. The first-order valence-corrected chi connectivity index (χ1v) is 19.4. The Labute approximate surface area is 305 Å². The Hall–Kier alpha value is -4.69. The molecule has 1 saturated carbocycles. The molecule has 1 aliphatic heterocycles. The highest BCUT2D eigenvalue weighted by Crippen LogP contribution is 2.42. The third-order valence-corrected chi connectivity index (χ3v) is 12.3. The summed E-state index contributed by atoms with van der Waals surface area (Å²) in [7, 11) is 0.666. The molecule has 3 aromatic carbocycles. The fourth-order valence-electron chi connectivity index (χ4n) is 7.43. The first kappa shape index (κ1) is 37.1. The fourth-order valence-corrected chi connectivity index (χ4v) is 9.13. The van der Waals surface area contributed by atoms with Gasteiger partial charge in [-0.3, -0.25) is 14.5 Å². The van der Waals surface area contributed by atoms with Crippen LogP contribution in [0.1, 0.15) is 82.9 Å². The van der Waals surface area contributed by atoms with E-state index >= 15 is 4.79 Å². The highest BCUT2D eigenvalue weighted by Gasteiger charge is 2.39. The summed E-state index contributed by atoms with van der Waals surface area (Å²) in [6, 6.07) is 14.5. The normalized spacial score (nSPS) is 18.4. The van der Waals surface area contributed by atoms with Crippen LogP contribution in [0.3, 0.4) is 0 Å². The first-order chi connectivity index (χ1) is 25.1. The quantitative estimate of drug-likeness (QED) is 0.191. The summed E-state index contributed by atoms with van der Waals surface area (Å²) in [4.78, 5) is 31.3. The number of hydrogen-bond acceptors (Lipinski definition) is 9. The van der Waals surface area contributed by atoms with Crippen LogP contribution in [0.25, 0.3) is 11.0 Å². The van der Waals surface area contributed by atoms with Gasteiger partial charge in [-0.15, -0.1) is 5.10 Å². The molecule has 0 spiro atoms. The lowest BCUT2D eigenvalue weighted by molar-refractivity contribution is -0.128. The van der Waals surface area contributed by atoms with Gasteiger partial charge in [-0.2, -0.15) is 4.31 Å². The van der Waals surface area contributed by atoms with Crippen molar-refractivity contribution in [3.63, 3.8) is 0 Å². The number of fused-ring (bicyclic) bond motifs is 1. The molecule has 14 heteroatoms. The molecule has 52 heavy (non-hydrogen) atoms. The second-order valence-corrected chi connectivity index (χ2v) is 15.5. The molecule has 1 aromatic heterocycles. The van der Waals surface area contributed by atoms with Crippen LogP contribution in [0.2, 0.25) is 0 Å². The minimum atomic E-state index is -3.80. The average molecular weight is 733 g/mol. The van der Waals surface area contributed by atoms with E-state index < -0.39 is 33.9 Å². The van der Waals surface area contributed by atoms with E-state index in [1.807, 2.05) is 31.2 Å². The lowest BCUT2D eigenvalue weighted by Crippen LogP contribution is -2.49. The van der Waals surface area contributed by atoms with Crippen LogP contribution in [0.5, 0.6) is 17.2 Å². The van der Waals surface area contributed by atoms with Crippen molar-refractivity contribution in [2.24, 2.45) is 0 Å². The van der Waals surface area contributed by atoms with E-state index in [1.165, 1.54) is 43.0 Å². The number of aromatic nitrogens is 3. The molecular weight excluding hydrogens is 685 g/mol. The first-order valence-electron chi connectivity index (χ1n) is 17.9. The zero-order valence-corrected chi connectivity index (χ0v) is 31.3. The molecule has 0 bridgehead atoms. The molecular formula is C38H48N6O7S. The third kappa shape index (κ3) is 7.31. The Morgan fingerprint density at radius 2 is 1.54 bits per heavy atom. The van der Waals surface area contributed by atoms with Crippen LogP contribution in [-0.2, 0) is 19.6 Å². The molecule has 4 aromatic rings. The molecule has 1 aliphatic carbocycles. The summed E-state index contributed by atoms with van der Waals surface area (Å²) in [5.41, 5.74) is 2.00. The number of rotatable bonds is 12. The lowest BCUT2D eigenvalue weighted by Gasteiger charge is -2.35. The maximum absolute atomic E-state index is 15.0. The highest BCUT2D eigenvalue weighted by molar-refractivity contribution is 7.89. The number of nitrogens with one attached hydrogen (secondary N) is 1. The smallest absolute Gasteiger partial charge is 0.252 e. The fraction of sp³-hybridized carbons (Fsp3) is 0.474. The Bertz CT molecular complexity index is 1970. The number of nitrogens with zero attached hydrogens (tertiary/aromatic N) is 5. The maximum atomic E-state index is 15.0. The molecule has 1 N–H and O–H groups in total. The van der Waals surface area contributed by atoms with E-state index in [1.54, 1.807) is 35.5 Å². The highest BCUT2D eigenvalue weighted by atomic mass is 32.2. The van der Waals surface area contributed by atoms with E-state index in [-0.39, 0.29) is 17.0 Å². The zero-order valence-electron chi connectivity index (χ0n) is 30.4. The summed E-state index contributed by atoms with van der Waals surface area (Å²) in [5.74, 6) is 0.0961. The number of para-hydroxylation sites is 1. The SMILES string of the molecule is COc1cc([C@@H](C(=O)NC2CCCCC2)N(C(=O)[C@@H](C)n2nnc3ccccc32)c2ccc(S(=O)(=O)N3CCCC[C@@H]3C)cc2)cc(OC)c1OC. The number of ether oxygens (including phenoxy) is 3. The summed E-state index contributed by atoms with van der Waals surface area (Å²) in [6.07, 6.45) is 7.30. The monoisotopic (exact) mass is 732 g/mol. The largest absolute Gasteiger partial charge is 0.493 e. The zero-order chi connectivity index (χ0) is 37.0. The number of benzene rings is 3. The average Bonchev–Trinajstić information content (AvgIpc) is 3.60. The second kappa shape index (κ2) is 15.9. The van der Waals surface area contributed by atoms with Gasteiger partial charge >= 0.3 is 0 Å². The van der Waals surface area contributed by atoms with Gasteiger partial charge in [-0.25, -0.2) is 13.1 Å². The predicted octanol–water partition coefficient (Wildman–Crippen LogP) is 5.80. The third-order valence-electron chi connectivity index (χ3n) is 10.3. The lowest BCUT2D eigenvalue weighted by atomic mass is 9.94. The van der Waals surface area contributed by atoms with Crippen molar-refractivity contribution in [1.82, 2.24) is 24.6 Å². The van der Waals surface area contributed by atoms with Gasteiger partial charge in [0.1, 0.15) is 17.6 Å². The number of sulfonamides is 1. The van der Waals surface area contributed by atoms with Gasteiger partial charge in [0.25, 0.3) is 5.91 Å². The summed E-state index contributed by atoms with van der Waals surface area (Å²) < 4.78 is 47.7. The van der Waals surface area contributed by atoms with Crippen molar-refractivity contribution in [3.05, 3.63) is 66.2 Å². The van der Waals surface area contributed by atoms with Crippen molar-refractivity contribution in [1.29, 1.82) is 0 Å². The van der Waals surface area contributed by atoms with Crippen molar-refractivity contribution in [2.45, 2.75) is 94.3 Å². The van der Waals surface area contributed by atoms with Crippen molar-refractivity contribution >= 4 is 38.6 Å². The number of piperidine rings is 1. The standard InChI is InChI=1S/C38H48N6O7S/c1-25-13-11-12-22-42(25)52(47,48)30-20-18-29(19-21-30)43(38(46)26(2)44-32-17-10-9-16-31(32)40-41-44)35(37(45)39-28-14-7-6-8-15-28)27-23-33(49-3)36(51-5)34(24-27)50-4/h9-10,16-21,23-26,28,35H,6-8,11-15,22H2,1-5H3,(H,39,45)/t25-,26+,35-/m0/s1. The topological polar surface area (TPSA) is 145 Å². The number of hydrogen-bond donors (Lipinski definition) is 1. The van der Waals surface area contributed by atoms with Crippen LogP contribution in [0.4, 0.5) is 5.69 Å². The second-order valence-electron chi connectivity index (χ2n) is 13.6. The molecule has 6 rings (SSSR count). The molecule has 1 saturated heterocycles. The van der Waals surface area contributed by atoms with Crippen molar-refractivity contribution < 1.29 is 32.2 Å². The summed E-state index contributed by atoms with van der Waals surface area (Å²) >= 11 is 0. The van der Waals surface area contributed by atoms with Gasteiger partial charge in [-0.1, -0.05) is 43.0 Å². The molecule has 3 atom stereocenters. The van der Waals surface area contributed by atoms with Gasteiger partial charge in [0.15, 0.2) is 11.5 Å². The number of amides is 2. The summed E-state index contributed by atoms with van der Waals surface area (Å²) in [5, 5.41) is 11.8. The van der Waals surface area contributed by atoms with Crippen LogP contribution in [0, 0.1) is 0 Å². The van der Waals surface area contributed by atoms with Crippen LogP contribution < -0.4 is 24.4 Å². The van der Waals surface area contributed by atoms with E-state index in [4.69, 9.17) is 14.2 Å². The van der Waals surface area contributed by atoms with Crippen LogP contribution in [-0.4, -0.2) is 79.5 Å². The molecule has 0 unspecified atom stereocenters. The molecule has 2 fully saturated rings. The van der Waals surface area contributed by atoms with Gasteiger partial charge < -0.3 is 19.5 Å². The minimum absolute atomic E-state index is 0.0709. The molecule has 2 aliphatic rings. The minimum Gasteiger partial charge on any atom is -0.493 e. The van der Waals surface area contributed by atoms with E-state index in [9.17, 15) is 13.2 Å². The predicted molar refractivity (Wildman–Crippen MR) is 197 cm³/mol. The molecule has 13 nitrogen and oxygen atoms in total. The van der Waals surface area contributed by atoms with Gasteiger partial charge in [0.05, 0.1) is 31.7 Å². The van der Waals surface area contributed by atoms with Crippen molar-refractivity contribution in [3.8, 4) is 17.2 Å². The van der Waals surface area contributed by atoms with Crippen LogP contribution in [0.15, 0.2) is 65.6 Å². The number of carbonyl (C=O) groups excluding carboxylic acids is 2. The van der Waals surface area contributed by atoms with E-state index in [0.717, 1.165) is 51.4 Å². The van der Waals surface area contributed by atoms with Crippen molar-refractivity contribution in [2.75, 3.05) is 32.8 Å². The maximum Gasteiger partial charge on any atom is 0.252 e. The van der Waals surface area contributed by atoms with Gasteiger partial charge in [0.2, 0.25) is 21.7 Å². The number of methoxy groups -OCH3 is 3. The number of anilines is 1. The Balaban J connectivity index is 1.50. The van der Waals surface area contributed by atoms with Gasteiger partial charge in [0, 0.05) is 24.3 Å². The van der Waals surface area contributed by atoms with Crippen LogP contribution >= 0.6 is 0 Å². The van der Waals surface area contributed by atoms with E-state index in [2.05, 4.69) is 15.6 Å². The molecule has 2 amide bonds. The van der Waals surface area contributed by atoms with E-state index in [0.29, 0.717) is 46.1 Å². The van der Waals surface area contributed by atoms with Gasteiger partial charge in [-0.05, 0) is 93.6 Å². The molecule has 278 valence electrons. The number of carbonyl (C=O) groups is 2. The Morgan fingerprint density at radius 1 is 0.885 bits per heavy atom.